The van der Waals surface area contributed by atoms with Gasteiger partial charge >= 0.3 is 0 Å². The smallest absolute Gasteiger partial charge is 0.226 e. The van der Waals surface area contributed by atoms with Gasteiger partial charge in [0.2, 0.25) is 5.91 Å². The summed E-state index contributed by atoms with van der Waals surface area (Å²) in [5.41, 5.74) is 0. The Morgan fingerprint density at radius 2 is 2.35 bits per heavy atom. The third-order valence-corrected chi connectivity index (χ3v) is 3.94. The maximum Gasteiger partial charge on any atom is 0.226 e. The Bertz CT molecular complexity index is 647. The van der Waals surface area contributed by atoms with Crippen molar-refractivity contribution in [3.8, 4) is 5.75 Å². The molecule has 0 bridgehead atoms. The van der Waals surface area contributed by atoms with Crippen LogP contribution in [0.1, 0.15) is 25.3 Å². The molecule has 0 spiro atoms. The lowest BCUT2D eigenvalue weighted by atomic mass is 10.1. The Balaban J connectivity index is 1.48. The second-order valence-electron chi connectivity index (χ2n) is 5.57. The number of aromatic nitrogens is 3. The summed E-state index contributed by atoms with van der Waals surface area (Å²) in [6, 6.07) is 6.11. The molecule has 0 radical (unpaired) electrons. The van der Waals surface area contributed by atoms with Crippen molar-refractivity contribution in [2.75, 3.05) is 19.7 Å². The minimum absolute atomic E-state index is 0.0474. The summed E-state index contributed by atoms with van der Waals surface area (Å²) in [4.78, 5) is 18.1. The number of halogens is 1. The molecule has 1 aromatic heterocycles. The predicted molar refractivity (Wildman–Crippen MR) is 81.4 cm³/mol. The van der Waals surface area contributed by atoms with Crippen molar-refractivity contribution in [1.82, 2.24) is 19.7 Å². The molecule has 23 heavy (non-hydrogen) atoms. The molecule has 1 aliphatic rings. The van der Waals surface area contributed by atoms with E-state index in [-0.39, 0.29) is 30.8 Å². The normalized spacial score (nSPS) is 18.0. The quantitative estimate of drug-likeness (QED) is 0.846. The van der Waals surface area contributed by atoms with Crippen LogP contribution in [0.3, 0.4) is 0 Å². The van der Waals surface area contributed by atoms with Crippen molar-refractivity contribution in [3.63, 3.8) is 0 Å². The summed E-state index contributed by atoms with van der Waals surface area (Å²) in [6.07, 6.45) is 5.41. The highest BCUT2D eigenvalue weighted by molar-refractivity contribution is 5.76. The van der Waals surface area contributed by atoms with E-state index in [0.29, 0.717) is 12.3 Å². The van der Waals surface area contributed by atoms with Crippen molar-refractivity contribution in [2.45, 2.75) is 25.3 Å². The van der Waals surface area contributed by atoms with Crippen LogP contribution in [0.15, 0.2) is 36.9 Å². The van der Waals surface area contributed by atoms with E-state index in [0.717, 1.165) is 19.4 Å². The molecule has 122 valence electrons. The summed E-state index contributed by atoms with van der Waals surface area (Å²) in [7, 11) is 0. The number of ether oxygens (including phenoxy) is 1. The van der Waals surface area contributed by atoms with Crippen LogP contribution in [0.2, 0.25) is 0 Å². The first kappa shape index (κ1) is 15.5. The molecule has 1 unspecified atom stereocenters. The van der Waals surface area contributed by atoms with Crippen molar-refractivity contribution < 1.29 is 13.9 Å². The molecule has 1 atom stereocenters. The summed E-state index contributed by atoms with van der Waals surface area (Å²) in [5.74, 6) is 0.142. The Morgan fingerprint density at radius 3 is 3.13 bits per heavy atom. The average Bonchev–Trinajstić information content (AvgIpc) is 3.09. The van der Waals surface area contributed by atoms with Crippen molar-refractivity contribution >= 4 is 5.91 Å². The number of amides is 1. The van der Waals surface area contributed by atoms with Crippen molar-refractivity contribution in [2.24, 2.45) is 0 Å². The van der Waals surface area contributed by atoms with Crippen LogP contribution >= 0.6 is 0 Å². The second kappa shape index (κ2) is 7.21. The molecule has 0 aliphatic carbocycles. The summed E-state index contributed by atoms with van der Waals surface area (Å²) < 4.78 is 20.3. The van der Waals surface area contributed by atoms with E-state index in [2.05, 4.69) is 10.1 Å². The molecular formula is C16H19FN4O2. The van der Waals surface area contributed by atoms with E-state index in [1.807, 2.05) is 9.58 Å². The fraction of sp³-hybridized carbons (Fsp3) is 0.438. The van der Waals surface area contributed by atoms with E-state index in [1.54, 1.807) is 18.5 Å². The van der Waals surface area contributed by atoms with Crippen LogP contribution < -0.4 is 4.74 Å². The molecule has 0 saturated carbocycles. The predicted octanol–water partition coefficient (Wildman–Crippen LogP) is 2.05. The zero-order valence-corrected chi connectivity index (χ0v) is 12.8. The highest BCUT2D eigenvalue weighted by atomic mass is 19.1. The fourth-order valence-corrected chi connectivity index (χ4v) is 2.77. The molecule has 2 heterocycles. The molecule has 1 fully saturated rings. The first-order chi connectivity index (χ1) is 11.2. The first-order valence-corrected chi connectivity index (χ1v) is 7.72. The lowest BCUT2D eigenvalue weighted by Gasteiger charge is -2.32. The lowest BCUT2D eigenvalue weighted by Crippen LogP contribution is -2.41. The van der Waals surface area contributed by atoms with E-state index < -0.39 is 0 Å². The molecule has 1 aliphatic heterocycles. The van der Waals surface area contributed by atoms with Gasteiger partial charge in [-0.1, -0.05) is 6.07 Å². The van der Waals surface area contributed by atoms with Gasteiger partial charge in [0.1, 0.15) is 24.2 Å². The second-order valence-corrected chi connectivity index (χ2v) is 5.57. The molecule has 0 N–H and O–H groups in total. The SMILES string of the molecule is O=C(CCOc1cccc(F)c1)N1CCCC(n2cncn2)C1. The largest absolute Gasteiger partial charge is 0.493 e. The standard InChI is InChI=1S/C16H19FN4O2/c17-13-3-1-5-15(9-13)23-8-6-16(22)20-7-2-4-14(10-20)21-12-18-11-19-21/h1,3,5,9,11-12,14H,2,4,6-8,10H2. The van der Waals surface area contributed by atoms with Crippen LogP contribution in [-0.2, 0) is 4.79 Å². The summed E-state index contributed by atoms with van der Waals surface area (Å²) in [6.45, 7) is 1.64. The maximum atomic E-state index is 13.1. The minimum atomic E-state index is -0.347. The number of hydrogen-bond acceptors (Lipinski definition) is 4. The zero-order valence-electron chi connectivity index (χ0n) is 12.8. The van der Waals surface area contributed by atoms with Gasteiger partial charge in [-0.2, -0.15) is 5.10 Å². The number of carbonyl (C=O) groups is 1. The fourth-order valence-electron chi connectivity index (χ4n) is 2.77. The average molecular weight is 318 g/mol. The number of piperidine rings is 1. The Morgan fingerprint density at radius 1 is 1.43 bits per heavy atom. The van der Waals surface area contributed by atoms with E-state index in [1.165, 1.54) is 18.5 Å². The van der Waals surface area contributed by atoms with Crippen LogP contribution in [0.25, 0.3) is 0 Å². The zero-order chi connectivity index (χ0) is 16.1. The number of likely N-dealkylation sites (tertiary alicyclic amines) is 1. The Kier molecular flexibility index (Phi) is 4.85. The number of carbonyl (C=O) groups excluding carboxylic acids is 1. The minimum Gasteiger partial charge on any atom is -0.493 e. The van der Waals surface area contributed by atoms with E-state index in [4.69, 9.17) is 4.74 Å². The Hall–Kier alpha value is -2.44. The molecule has 1 amide bonds. The van der Waals surface area contributed by atoms with Gasteiger partial charge in [-0.25, -0.2) is 14.1 Å². The lowest BCUT2D eigenvalue weighted by molar-refractivity contribution is -0.133. The summed E-state index contributed by atoms with van der Waals surface area (Å²) >= 11 is 0. The monoisotopic (exact) mass is 318 g/mol. The third-order valence-electron chi connectivity index (χ3n) is 3.94. The summed E-state index contributed by atoms with van der Waals surface area (Å²) in [5, 5.41) is 4.15. The first-order valence-electron chi connectivity index (χ1n) is 7.72. The van der Waals surface area contributed by atoms with E-state index >= 15 is 0 Å². The number of nitrogens with zero attached hydrogens (tertiary/aromatic N) is 4. The molecule has 2 aromatic rings. The topological polar surface area (TPSA) is 60.2 Å². The maximum absolute atomic E-state index is 13.1. The van der Waals surface area contributed by atoms with Crippen molar-refractivity contribution in [3.05, 3.63) is 42.7 Å². The Labute approximate surface area is 133 Å². The van der Waals surface area contributed by atoms with Crippen LogP contribution in [0, 0.1) is 5.82 Å². The van der Waals surface area contributed by atoms with Crippen molar-refractivity contribution in [1.29, 1.82) is 0 Å². The van der Waals surface area contributed by atoms with Gasteiger partial charge in [0.25, 0.3) is 0 Å². The van der Waals surface area contributed by atoms with Gasteiger partial charge in [-0.3, -0.25) is 4.79 Å². The van der Waals surface area contributed by atoms with E-state index in [9.17, 15) is 9.18 Å². The van der Waals surface area contributed by atoms with Gasteiger partial charge in [0.15, 0.2) is 0 Å². The molecule has 6 nitrogen and oxygen atoms in total. The molecule has 1 saturated heterocycles. The van der Waals surface area contributed by atoms with Crippen LogP contribution in [-0.4, -0.2) is 45.3 Å². The van der Waals surface area contributed by atoms with Crippen LogP contribution in [0.4, 0.5) is 4.39 Å². The molecule has 7 heteroatoms. The number of benzene rings is 1. The van der Waals surface area contributed by atoms with Gasteiger partial charge in [0, 0.05) is 19.2 Å². The molecule has 1 aromatic carbocycles. The van der Waals surface area contributed by atoms with Gasteiger partial charge in [-0.05, 0) is 25.0 Å². The van der Waals surface area contributed by atoms with Gasteiger partial charge in [0.05, 0.1) is 19.1 Å². The number of rotatable bonds is 5. The van der Waals surface area contributed by atoms with Gasteiger partial charge in [-0.15, -0.1) is 0 Å². The van der Waals surface area contributed by atoms with Crippen LogP contribution in [0.5, 0.6) is 5.75 Å². The molecular weight excluding hydrogens is 299 g/mol. The highest BCUT2D eigenvalue weighted by Crippen LogP contribution is 2.21. The van der Waals surface area contributed by atoms with Gasteiger partial charge < -0.3 is 9.64 Å². The number of hydrogen-bond donors (Lipinski definition) is 0. The highest BCUT2D eigenvalue weighted by Gasteiger charge is 2.24. The molecule has 3 rings (SSSR count). The third kappa shape index (κ3) is 4.06.